The van der Waals surface area contributed by atoms with Crippen molar-refractivity contribution in [3.05, 3.63) is 57.3 Å². The van der Waals surface area contributed by atoms with Crippen LogP contribution in [0.1, 0.15) is 50.6 Å². The second-order valence-electron chi connectivity index (χ2n) is 8.07. The number of nitrogens with two attached hydrogens (primary N) is 1. The molecule has 0 radical (unpaired) electrons. The lowest BCUT2D eigenvalue weighted by Gasteiger charge is -2.40. The minimum atomic E-state index is -1.17. The molecule has 0 spiro atoms. The number of Topliss-reactive ketones (excluding diaryl/α,β-unsaturated/α-hetero) is 1. The Labute approximate surface area is 188 Å². The lowest BCUT2D eigenvalue weighted by atomic mass is 9.68. The number of halogens is 1. The van der Waals surface area contributed by atoms with Crippen LogP contribution in [0.4, 0.5) is 0 Å². The van der Waals surface area contributed by atoms with Crippen LogP contribution in [0.25, 0.3) is 0 Å². The molecule has 162 valence electrons. The van der Waals surface area contributed by atoms with Gasteiger partial charge in [-0.1, -0.05) is 37.5 Å². The van der Waals surface area contributed by atoms with Crippen molar-refractivity contribution in [2.75, 3.05) is 26.4 Å². The molecule has 1 unspecified atom stereocenters. The zero-order valence-corrected chi connectivity index (χ0v) is 18.2. The van der Waals surface area contributed by atoms with E-state index in [1.165, 1.54) is 0 Å². The number of rotatable bonds is 7. The topological polar surface area (TPSA) is 90.6 Å². The monoisotopic (exact) mass is 436 g/mol. The van der Waals surface area contributed by atoms with E-state index in [2.05, 4.69) is 5.32 Å². The minimum Gasteiger partial charge on any atom is -0.463 e. The Morgan fingerprint density at radius 3 is 2.67 bits per heavy atom. The van der Waals surface area contributed by atoms with E-state index in [4.69, 9.17) is 32.3 Å². The molecule has 0 fully saturated rings. The fourth-order valence-corrected chi connectivity index (χ4v) is 4.00. The summed E-state index contributed by atoms with van der Waals surface area (Å²) in [6, 6.07) is -1.70. The van der Waals surface area contributed by atoms with Crippen LogP contribution in [0.2, 0.25) is 5.02 Å². The highest BCUT2D eigenvalue weighted by Crippen LogP contribution is 2.47. The van der Waals surface area contributed by atoms with Crippen LogP contribution < -0.4 is 11.1 Å². The molecule has 1 aromatic rings. The number of dihydropyridines is 1. The quantitative estimate of drug-likeness (QED) is 0.502. The molecule has 1 aliphatic carbocycles. The van der Waals surface area contributed by atoms with Gasteiger partial charge < -0.3 is 20.5 Å². The van der Waals surface area contributed by atoms with Crippen molar-refractivity contribution in [1.82, 2.24) is 5.32 Å². The van der Waals surface area contributed by atoms with Crippen LogP contribution >= 0.6 is 11.6 Å². The van der Waals surface area contributed by atoms with Gasteiger partial charge in [0.25, 0.3) is 0 Å². The molecule has 0 aromatic heterocycles. The number of hydrogen-bond donors (Lipinski definition) is 2. The highest BCUT2D eigenvalue weighted by molar-refractivity contribution is 6.30. The van der Waals surface area contributed by atoms with Gasteiger partial charge in [-0.05, 0) is 36.4 Å². The number of allylic oxidation sites excluding steroid dienone is 2. The van der Waals surface area contributed by atoms with Crippen molar-refractivity contribution in [3.63, 3.8) is 0 Å². The summed E-state index contributed by atoms with van der Waals surface area (Å²) < 4.78 is 44.5. The molecule has 2 aliphatic rings. The van der Waals surface area contributed by atoms with E-state index in [1.807, 2.05) is 13.8 Å². The molecular formula is C23H29ClN2O4. The molecule has 30 heavy (non-hydrogen) atoms. The van der Waals surface area contributed by atoms with Gasteiger partial charge in [-0.25, -0.2) is 4.79 Å². The molecule has 3 N–H and O–H groups in total. The minimum absolute atomic E-state index is 0.0220. The Balaban J connectivity index is 2.35. The van der Waals surface area contributed by atoms with Gasteiger partial charge in [0, 0.05) is 35.2 Å². The van der Waals surface area contributed by atoms with Crippen molar-refractivity contribution < 1.29 is 24.5 Å². The Morgan fingerprint density at radius 2 is 2.03 bits per heavy atom. The maximum absolute atomic E-state index is 13.4. The Bertz CT molecular complexity index is 1070. The normalized spacial score (nSPS) is 22.6. The Kier molecular flexibility index (Phi) is 5.45. The fraction of sp³-hybridized carbons (Fsp3) is 0.478. The average molecular weight is 437 g/mol. The van der Waals surface area contributed by atoms with Crippen LogP contribution in [0.3, 0.4) is 0 Å². The largest absolute Gasteiger partial charge is 0.463 e. The molecule has 1 atom stereocenters. The Hall–Kier alpha value is -2.15. The zero-order chi connectivity index (χ0) is 25.4. The average Bonchev–Trinajstić information content (AvgIpc) is 2.75. The van der Waals surface area contributed by atoms with Crippen LogP contribution in [-0.2, 0) is 19.1 Å². The highest BCUT2D eigenvalue weighted by Gasteiger charge is 2.43. The number of ketones is 1. The first-order chi connectivity index (χ1) is 15.9. The van der Waals surface area contributed by atoms with Gasteiger partial charge in [0.1, 0.15) is 0 Å². The molecule has 0 saturated heterocycles. The van der Waals surface area contributed by atoms with Crippen LogP contribution in [-0.4, -0.2) is 38.1 Å². The van der Waals surface area contributed by atoms with Crippen LogP contribution in [0, 0.1) is 5.41 Å². The lowest BCUT2D eigenvalue weighted by molar-refractivity contribution is -0.139. The van der Waals surface area contributed by atoms with Crippen LogP contribution in [0.5, 0.6) is 0 Å². The van der Waals surface area contributed by atoms with Gasteiger partial charge in [0.05, 0.1) is 36.6 Å². The van der Waals surface area contributed by atoms with Crippen molar-refractivity contribution in [1.29, 1.82) is 0 Å². The summed E-state index contributed by atoms with van der Waals surface area (Å²) in [5, 5.41) is 2.87. The summed E-state index contributed by atoms with van der Waals surface area (Å²) in [7, 11) is 0. The number of carbonyl (C=O) groups is 2. The number of hydrogen-bond acceptors (Lipinski definition) is 6. The number of carbonyl (C=O) groups excluding carboxylic acids is 2. The summed E-state index contributed by atoms with van der Waals surface area (Å²) in [5.41, 5.74) is 6.26. The Morgan fingerprint density at radius 1 is 1.33 bits per heavy atom. The third kappa shape index (κ3) is 4.77. The maximum Gasteiger partial charge on any atom is 0.336 e. The molecule has 6 nitrogen and oxygen atoms in total. The second kappa shape index (κ2) is 9.33. The maximum atomic E-state index is 13.4. The van der Waals surface area contributed by atoms with E-state index in [1.54, 1.807) is 6.92 Å². The first-order valence-corrected chi connectivity index (χ1v) is 10.3. The van der Waals surface area contributed by atoms with E-state index >= 15 is 0 Å². The predicted molar refractivity (Wildman–Crippen MR) is 116 cm³/mol. The summed E-state index contributed by atoms with van der Waals surface area (Å²) in [4.78, 5) is 26.6. The van der Waals surface area contributed by atoms with E-state index in [0.29, 0.717) is 17.8 Å². The highest BCUT2D eigenvalue weighted by atomic mass is 35.5. The molecule has 1 aromatic carbocycles. The summed E-state index contributed by atoms with van der Waals surface area (Å²) >= 11 is 6.02. The molecule has 1 heterocycles. The van der Waals surface area contributed by atoms with E-state index in [9.17, 15) is 9.59 Å². The fourth-order valence-electron chi connectivity index (χ4n) is 3.91. The van der Waals surface area contributed by atoms with Crippen molar-refractivity contribution in [3.8, 4) is 0 Å². The van der Waals surface area contributed by atoms with Gasteiger partial charge >= 0.3 is 5.97 Å². The SMILES string of the molecule is [2H]c1c([2H])c(C2C3=C(CC(C)(C)CC3=O)NC(COCCN)=C2C(=O)OCC)c([2H])c([2H])c1Cl. The van der Waals surface area contributed by atoms with E-state index < -0.39 is 36.1 Å². The van der Waals surface area contributed by atoms with Crippen LogP contribution in [0.15, 0.2) is 46.7 Å². The molecule has 0 bridgehead atoms. The van der Waals surface area contributed by atoms with Gasteiger partial charge in [0.2, 0.25) is 0 Å². The summed E-state index contributed by atoms with van der Waals surface area (Å²) in [5.74, 6) is -2.14. The number of esters is 1. The van der Waals surface area contributed by atoms with Gasteiger partial charge in [0.15, 0.2) is 5.78 Å². The third-order valence-corrected chi connectivity index (χ3v) is 5.22. The molecule has 3 rings (SSSR count). The third-order valence-electron chi connectivity index (χ3n) is 5.03. The molecule has 1 aliphatic heterocycles. The second-order valence-corrected chi connectivity index (χ2v) is 8.45. The van der Waals surface area contributed by atoms with E-state index in [0.717, 1.165) is 0 Å². The molecule has 0 saturated carbocycles. The van der Waals surface area contributed by atoms with Gasteiger partial charge in [-0.15, -0.1) is 0 Å². The van der Waals surface area contributed by atoms with Crippen molar-refractivity contribution >= 4 is 23.4 Å². The molecule has 0 amide bonds. The molecular weight excluding hydrogens is 404 g/mol. The van der Waals surface area contributed by atoms with Gasteiger partial charge in [-0.2, -0.15) is 0 Å². The smallest absolute Gasteiger partial charge is 0.336 e. The van der Waals surface area contributed by atoms with Crippen molar-refractivity contribution in [2.24, 2.45) is 11.1 Å². The molecule has 7 heteroatoms. The first-order valence-electron chi connectivity index (χ1n) is 11.9. The number of nitrogens with one attached hydrogen (secondary N) is 1. The summed E-state index contributed by atoms with van der Waals surface area (Å²) in [6.07, 6.45) is 0.686. The predicted octanol–water partition coefficient (Wildman–Crippen LogP) is 3.46. The standard InChI is InChI=1S/C23H29ClN2O4/c1-4-30-22(28)21-17(13-29-10-9-25)26-16-11-23(2,3)12-18(27)20(16)19(21)14-5-7-15(24)8-6-14/h5-8,19,26H,4,9-13,25H2,1-3H3/i5D,6D,7D,8D. The van der Waals surface area contributed by atoms with E-state index in [-0.39, 0.29) is 65.7 Å². The number of ether oxygens (including phenoxy) is 2. The zero-order valence-electron chi connectivity index (χ0n) is 21.4. The lowest BCUT2D eigenvalue weighted by Crippen LogP contribution is -2.40. The van der Waals surface area contributed by atoms with Crippen molar-refractivity contribution in [2.45, 2.75) is 39.5 Å². The number of benzene rings is 1. The summed E-state index contributed by atoms with van der Waals surface area (Å²) in [6.45, 7) is 6.07. The first kappa shape index (κ1) is 17.5. The van der Waals surface area contributed by atoms with Gasteiger partial charge in [-0.3, -0.25) is 4.79 Å².